The number of benzene rings is 2. The predicted octanol–water partition coefficient (Wildman–Crippen LogP) is 1.51. The van der Waals surface area contributed by atoms with Gasteiger partial charge in [0.2, 0.25) is 0 Å². The van der Waals surface area contributed by atoms with Crippen molar-refractivity contribution in [2.24, 2.45) is 0 Å². The zero-order chi connectivity index (χ0) is 19.5. The number of allylic oxidation sites excluding steroid dienone is 9. The summed E-state index contributed by atoms with van der Waals surface area (Å²) in [5.41, 5.74) is 13.0. The summed E-state index contributed by atoms with van der Waals surface area (Å²) in [6.45, 7) is 0. The van der Waals surface area contributed by atoms with E-state index in [0.717, 1.165) is 5.69 Å². The molecule has 0 spiro atoms. The summed E-state index contributed by atoms with van der Waals surface area (Å²) in [5, 5.41) is 0. The van der Waals surface area contributed by atoms with E-state index in [0.29, 0.717) is 0 Å². The Morgan fingerprint density at radius 1 is 0.759 bits per heavy atom. The monoisotopic (exact) mass is 466 g/mol. The summed E-state index contributed by atoms with van der Waals surface area (Å²) in [4.78, 5) is 0. The van der Waals surface area contributed by atoms with Crippen molar-refractivity contribution in [2.45, 2.75) is 0 Å². The van der Waals surface area contributed by atoms with Crippen LogP contribution in [-0.2, 0) is 0 Å². The second-order valence-corrected chi connectivity index (χ2v) is 9.28. The number of anilines is 1. The van der Waals surface area contributed by atoms with Crippen molar-refractivity contribution in [3.8, 4) is 0 Å². The maximum atomic E-state index is 5.90. The van der Waals surface area contributed by atoms with Gasteiger partial charge in [-0.25, -0.2) is 0 Å². The van der Waals surface area contributed by atoms with E-state index in [-0.39, 0.29) is 27.4 Å². The van der Waals surface area contributed by atoms with E-state index in [1.165, 1.54) is 36.9 Å². The van der Waals surface area contributed by atoms with Crippen LogP contribution in [0.25, 0.3) is 10.0 Å². The minimum absolute atomic E-state index is 0. The zero-order valence-electron chi connectivity index (χ0n) is 16.5. The molecule has 0 unspecified atom stereocenters. The first-order valence-electron chi connectivity index (χ1n) is 9.27. The van der Waals surface area contributed by atoms with Gasteiger partial charge in [0.25, 0.3) is 0 Å². The van der Waals surface area contributed by atoms with Crippen LogP contribution in [0.5, 0.6) is 0 Å². The van der Waals surface area contributed by atoms with Crippen molar-refractivity contribution in [2.75, 3.05) is 19.8 Å². The van der Waals surface area contributed by atoms with E-state index < -0.39 is 0 Å². The molecule has 0 bridgehead atoms. The summed E-state index contributed by atoms with van der Waals surface area (Å²) < 4.78 is 4.90. The minimum atomic E-state index is 0. The van der Waals surface area contributed by atoms with Gasteiger partial charge >= 0.3 is 173 Å². The van der Waals surface area contributed by atoms with Crippen molar-refractivity contribution >= 4 is 36.4 Å². The number of nitrogens with zero attached hydrogens (tertiary/aromatic N) is 1. The molecule has 146 valence electrons. The summed E-state index contributed by atoms with van der Waals surface area (Å²) in [5.74, 6) is 0. The summed E-state index contributed by atoms with van der Waals surface area (Å²) in [7, 11) is 4.14. The number of nitrogens with two attached hydrogens (primary N) is 1. The van der Waals surface area contributed by atoms with Crippen molar-refractivity contribution in [1.29, 1.82) is 0 Å². The van der Waals surface area contributed by atoms with Gasteiger partial charge in [0.1, 0.15) is 0 Å². The molecular formula is C25H23ClN2Se. The van der Waals surface area contributed by atoms with E-state index >= 15 is 0 Å². The van der Waals surface area contributed by atoms with Crippen LogP contribution in [0.4, 0.5) is 5.69 Å². The maximum Gasteiger partial charge on any atom is -1.00 e. The molecule has 0 radical (unpaired) electrons. The largest absolute Gasteiger partial charge is 1.00 e. The Morgan fingerprint density at radius 2 is 1.41 bits per heavy atom. The molecule has 2 nitrogen and oxygen atoms in total. The van der Waals surface area contributed by atoms with Crippen molar-refractivity contribution < 1.29 is 17.0 Å². The van der Waals surface area contributed by atoms with Gasteiger partial charge in [-0.3, -0.25) is 0 Å². The number of hydrogen-bond donors (Lipinski definition) is 1. The number of nitrogen functional groups attached to an aromatic ring is 1. The van der Waals surface area contributed by atoms with Crippen LogP contribution < -0.4 is 18.1 Å². The Kier molecular flexibility index (Phi) is 6.76. The third-order valence-electron chi connectivity index (χ3n) is 4.76. The van der Waals surface area contributed by atoms with Crippen LogP contribution in [0.3, 0.4) is 0 Å². The van der Waals surface area contributed by atoms with Gasteiger partial charge in [0.05, 0.1) is 0 Å². The molecular weight excluding hydrogens is 443 g/mol. The van der Waals surface area contributed by atoms with E-state index in [9.17, 15) is 0 Å². The molecule has 0 atom stereocenters. The molecule has 0 amide bonds. The van der Waals surface area contributed by atoms with Gasteiger partial charge < -0.3 is 12.4 Å². The fraction of sp³-hybridized carbons (Fsp3) is 0.0800. The second kappa shape index (κ2) is 9.28. The standard InChI is InChI=1S/C25H22N2Se.ClH/c1-27(2)23-14-10-20(11-15-23)25-17-21(18-6-4-3-5-7-18)16-24(28-25)19-8-12-22(26)13-9-19;/h3-17,26H,1-2H3;1H. The minimum Gasteiger partial charge on any atom is -1.00 e. The summed E-state index contributed by atoms with van der Waals surface area (Å²) in [6, 6.07) is 18.8. The quantitative estimate of drug-likeness (QED) is 0.407. The van der Waals surface area contributed by atoms with Crippen molar-refractivity contribution in [1.82, 2.24) is 0 Å². The second-order valence-electron chi connectivity index (χ2n) is 7.00. The molecule has 0 aromatic heterocycles. The summed E-state index contributed by atoms with van der Waals surface area (Å²) >= 11 is 0.230. The topological polar surface area (TPSA) is 29.0 Å². The Morgan fingerprint density at radius 3 is 2.03 bits per heavy atom. The van der Waals surface area contributed by atoms with Crippen LogP contribution in [0.15, 0.2) is 101 Å². The van der Waals surface area contributed by atoms with Crippen molar-refractivity contribution in [3.05, 3.63) is 112 Å². The molecule has 0 saturated carbocycles. The molecule has 2 aromatic carbocycles. The SMILES string of the molecule is C[N+](C)=C1C=CC(=C2C=C(c3ccccc3)C=C(c3ccc(N)cc3)[Se]2)C=C1.[Cl-]. The molecule has 2 aliphatic rings. The molecule has 2 N–H and O–H groups in total. The van der Waals surface area contributed by atoms with Crippen LogP contribution in [0.1, 0.15) is 11.1 Å². The van der Waals surface area contributed by atoms with Crippen LogP contribution in [-0.4, -0.2) is 39.3 Å². The van der Waals surface area contributed by atoms with Gasteiger partial charge in [0.15, 0.2) is 0 Å². The smallest absolute Gasteiger partial charge is 1.00 e. The van der Waals surface area contributed by atoms with Gasteiger partial charge in [-0.1, -0.05) is 0 Å². The molecule has 4 rings (SSSR count). The van der Waals surface area contributed by atoms with Crippen LogP contribution >= 0.6 is 0 Å². The average molecular weight is 466 g/mol. The Hall–Kier alpha value is -2.58. The van der Waals surface area contributed by atoms with Gasteiger partial charge in [-0.15, -0.1) is 0 Å². The third-order valence-corrected chi connectivity index (χ3v) is 7.17. The van der Waals surface area contributed by atoms with Gasteiger partial charge in [-0.05, 0) is 0 Å². The predicted molar refractivity (Wildman–Crippen MR) is 121 cm³/mol. The van der Waals surface area contributed by atoms with Gasteiger partial charge in [0, 0.05) is 0 Å². The normalized spacial score (nSPS) is 15.6. The molecule has 1 aliphatic carbocycles. The molecule has 0 fully saturated rings. The Bertz CT molecular complexity index is 1060. The number of halogens is 1. The van der Waals surface area contributed by atoms with Gasteiger partial charge in [-0.2, -0.15) is 0 Å². The van der Waals surface area contributed by atoms with Crippen LogP contribution in [0, 0.1) is 0 Å². The Labute approximate surface area is 185 Å². The zero-order valence-corrected chi connectivity index (χ0v) is 18.9. The molecule has 29 heavy (non-hydrogen) atoms. The first-order chi connectivity index (χ1) is 13.6. The number of hydrogen-bond acceptors (Lipinski definition) is 1. The van der Waals surface area contributed by atoms with Crippen LogP contribution in [0.2, 0.25) is 0 Å². The third kappa shape index (κ3) is 4.89. The molecule has 0 saturated heterocycles. The summed E-state index contributed by atoms with van der Waals surface area (Å²) in [6.07, 6.45) is 13.5. The first kappa shape index (κ1) is 21.1. The van der Waals surface area contributed by atoms with E-state index in [2.05, 4.69) is 97.6 Å². The fourth-order valence-corrected chi connectivity index (χ4v) is 5.50. The molecule has 2 aromatic rings. The van der Waals surface area contributed by atoms with E-state index in [4.69, 9.17) is 5.73 Å². The fourth-order valence-electron chi connectivity index (χ4n) is 3.15. The van der Waals surface area contributed by atoms with E-state index in [1.807, 2.05) is 12.1 Å². The first-order valence-corrected chi connectivity index (χ1v) is 11.0. The van der Waals surface area contributed by atoms with E-state index in [1.54, 1.807) is 0 Å². The number of rotatable bonds is 2. The Balaban J connectivity index is 0.00000240. The maximum absolute atomic E-state index is 5.90. The molecule has 1 aliphatic heterocycles. The average Bonchev–Trinajstić information content (AvgIpc) is 2.74. The van der Waals surface area contributed by atoms with Crippen molar-refractivity contribution in [3.63, 3.8) is 0 Å². The molecule has 4 heteroatoms. The molecule has 1 heterocycles.